The highest BCUT2D eigenvalue weighted by atomic mass is 35.5. The largest absolute Gasteiger partial charge is 0.470 e. The maximum absolute atomic E-state index is 12.3. The summed E-state index contributed by atoms with van der Waals surface area (Å²) in [6, 6.07) is 6.45. The van der Waals surface area contributed by atoms with E-state index in [-0.39, 0.29) is 23.4 Å². The van der Waals surface area contributed by atoms with E-state index in [9.17, 15) is 8.42 Å². The van der Waals surface area contributed by atoms with Crippen LogP contribution in [0.5, 0.6) is 5.88 Å². The van der Waals surface area contributed by atoms with Gasteiger partial charge in [-0.1, -0.05) is 23.2 Å². The Bertz CT molecular complexity index is 757. The summed E-state index contributed by atoms with van der Waals surface area (Å²) in [5.74, 6) is 0.320. The van der Waals surface area contributed by atoms with Gasteiger partial charge in [-0.05, 0) is 24.3 Å². The van der Waals surface area contributed by atoms with Gasteiger partial charge in [0, 0.05) is 6.20 Å². The van der Waals surface area contributed by atoms with E-state index in [1.165, 1.54) is 10.4 Å². The monoisotopic (exact) mass is 364 g/mol. The summed E-state index contributed by atoms with van der Waals surface area (Å²) in [7, 11) is -3.48. The Morgan fingerprint density at radius 1 is 1.29 bits per heavy atom. The Balaban J connectivity index is 1.65. The molecule has 0 unspecified atom stereocenters. The first-order valence-corrected chi connectivity index (χ1v) is 9.01. The third-order valence-electron chi connectivity index (χ3n) is 2.96. The minimum Gasteiger partial charge on any atom is -0.470 e. The van der Waals surface area contributed by atoms with Crippen molar-refractivity contribution in [1.29, 1.82) is 0 Å². The van der Waals surface area contributed by atoms with Gasteiger partial charge in [0.05, 0.1) is 17.4 Å². The molecule has 0 atom stereocenters. The third-order valence-corrected chi connectivity index (χ3v) is 6.78. The molecule has 0 spiro atoms. The fourth-order valence-electron chi connectivity index (χ4n) is 1.85. The van der Waals surface area contributed by atoms with Gasteiger partial charge in [-0.3, -0.25) is 0 Å². The second-order valence-corrected chi connectivity index (χ2v) is 8.70. The van der Waals surface area contributed by atoms with Crippen molar-refractivity contribution < 1.29 is 13.2 Å². The molecule has 9 heteroatoms. The smallest absolute Gasteiger partial charge is 0.252 e. The van der Waals surface area contributed by atoms with Crippen molar-refractivity contribution in [3.63, 3.8) is 0 Å². The Kier molecular flexibility index (Phi) is 4.11. The standard InChI is InChI=1S/C12H10Cl2N2O3S2/c13-9-2-1-5-15-12(9)19-8-6-16(7-8)21(17,18)11-4-3-10(14)20-11/h1-5,8H,6-7H2. The number of pyridine rings is 1. The zero-order chi connectivity index (χ0) is 15.0. The molecule has 1 aliphatic rings. The molecule has 3 rings (SSSR count). The minimum atomic E-state index is -3.48. The van der Waals surface area contributed by atoms with Gasteiger partial charge in [0.25, 0.3) is 10.0 Å². The number of rotatable bonds is 4. The van der Waals surface area contributed by atoms with Crippen molar-refractivity contribution in [1.82, 2.24) is 9.29 Å². The van der Waals surface area contributed by atoms with Gasteiger partial charge in [-0.2, -0.15) is 4.31 Å². The topological polar surface area (TPSA) is 59.5 Å². The molecule has 5 nitrogen and oxygen atoms in total. The number of aromatic nitrogens is 1. The zero-order valence-corrected chi connectivity index (χ0v) is 13.7. The number of hydrogen-bond acceptors (Lipinski definition) is 5. The summed E-state index contributed by atoms with van der Waals surface area (Å²) in [5.41, 5.74) is 0. The van der Waals surface area contributed by atoms with Crippen LogP contribution in [-0.2, 0) is 10.0 Å². The molecule has 1 aliphatic heterocycles. The van der Waals surface area contributed by atoms with E-state index in [0.717, 1.165) is 11.3 Å². The van der Waals surface area contributed by atoms with Crippen LogP contribution in [0.1, 0.15) is 0 Å². The van der Waals surface area contributed by atoms with Crippen LogP contribution in [0.4, 0.5) is 0 Å². The lowest BCUT2D eigenvalue weighted by atomic mass is 10.2. The summed E-state index contributed by atoms with van der Waals surface area (Å²) < 4.78 is 32.2. The maximum Gasteiger partial charge on any atom is 0.252 e. The first kappa shape index (κ1) is 15.1. The number of ether oxygens (including phenoxy) is 1. The van der Waals surface area contributed by atoms with Crippen LogP contribution in [-0.4, -0.2) is 36.9 Å². The van der Waals surface area contributed by atoms with Crippen molar-refractivity contribution in [2.24, 2.45) is 0 Å². The van der Waals surface area contributed by atoms with Crippen LogP contribution in [0, 0.1) is 0 Å². The molecule has 0 bridgehead atoms. The molecule has 1 saturated heterocycles. The molecule has 0 aromatic carbocycles. The average Bonchev–Trinajstić information content (AvgIpc) is 2.82. The van der Waals surface area contributed by atoms with Crippen LogP contribution in [0.25, 0.3) is 0 Å². The van der Waals surface area contributed by atoms with Crippen molar-refractivity contribution >= 4 is 44.6 Å². The fourth-order valence-corrected chi connectivity index (χ4v) is 5.16. The highest BCUT2D eigenvalue weighted by molar-refractivity contribution is 7.91. The van der Waals surface area contributed by atoms with Gasteiger partial charge in [-0.25, -0.2) is 13.4 Å². The van der Waals surface area contributed by atoms with Gasteiger partial charge in [0.15, 0.2) is 0 Å². The van der Waals surface area contributed by atoms with Crippen LogP contribution in [0.15, 0.2) is 34.7 Å². The average molecular weight is 365 g/mol. The molecule has 0 aliphatic carbocycles. The molecule has 21 heavy (non-hydrogen) atoms. The van der Waals surface area contributed by atoms with E-state index >= 15 is 0 Å². The summed E-state index contributed by atoms with van der Waals surface area (Å²) in [5, 5.41) is 0.406. The summed E-state index contributed by atoms with van der Waals surface area (Å²) >= 11 is 12.8. The highest BCUT2D eigenvalue weighted by Gasteiger charge is 2.39. The zero-order valence-electron chi connectivity index (χ0n) is 10.6. The molecular weight excluding hydrogens is 355 g/mol. The predicted octanol–water partition coefficient (Wildman–Crippen LogP) is 2.90. The first-order valence-electron chi connectivity index (χ1n) is 5.99. The Morgan fingerprint density at radius 2 is 2.05 bits per heavy atom. The highest BCUT2D eigenvalue weighted by Crippen LogP contribution is 2.31. The van der Waals surface area contributed by atoms with Crippen LogP contribution in [0.3, 0.4) is 0 Å². The van der Waals surface area contributed by atoms with Crippen molar-refractivity contribution in [2.75, 3.05) is 13.1 Å². The third kappa shape index (κ3) is 3.02. The molecule has 0 saturated carbocycles. The van der Waals surface area contributed by atoms with E-state index in [0.29, 0.717) is 15.2 Å². The van der Waals surface area contributed by atoms with E-state index in [1.54, 1.807) is 24.4 Å². The number of sulfonamides is 1. The summed E-state index contributed by atoms with van der Waals surface area (Å²) in [6.45, 7) is 0.537. The van der Waals surface area contributed by atoms with Crippen molar-refractivity contribution in [3.05, 3.63) is 39.8 Å². The summed E-state index contributed by atoms with van der Waals surface area (Å²) in [6.07, 6.45) is 1.32. The quantitative estimate of drug-likeness (QED) is 0.836. The number of halogens is 2. The van der Waals surface area contributed by atoms with Crippen LogP contribution < -0.4 is 4.74 Å². The second-order valence-electron chi connectivity index (χ2n) is 4.41. The molecule has 2 aromatic heterocycles. The predicted molar refractivity (Wildman–Crippen MR) is 81.8 cm³/mol. The van der Waals surface area contributed by atoms with Gasteiger partial charge in [-0.15, -0.1) is 11.3 Å². The molecule has 0 amide bonds. The molecule has 2 aromatic rings. The van der Waals surface area contributed by atoms with Gasteiger partial charge < -0.3 is 4.74 Å². The van der Waals surface area contributed by atoms with E-state index in [1.807, 2.05) is 0 Å². The minimum absolute atomic E-state index is 0.238. The number of thiophene rings is 1. The van der Waals surface area contributed by atoms with Crippen molar-refractivity contribution in [3.8, 4) is 5.88 Å². The lowest BCUT2D eigenvalue weighted by Gasteiger charge is -2.37. The lowest BCUT2D eigenvalue weighted by molar-refractivity contribution is 0.0723. The second kappa shape index (κ2) is 5.73. The van der Waals surface area contributed by atoms with E-state index in [2.05, 4.69) is 4.98 Å². The van der Waals surface area contributed by atoms with Crippen molar-refractivity contribution in [2.45, 2.75) is 10.3 Å². The normalized spacial score (nSPS) is 16.7. The Hall–Kier alpha value is -0.860. The molecule has 3 heterocycles. The molecule has 112 valence electrons. The lowest BCUT2D eigenvalue weighted by Crippen LogP contribution is -2.55. The SMILES string of the molecule is O=S(=O)(c1ccc(Cl)s1)N1CC(Oc2ncccc2Cl)C1. The number of hydrogen-bond donors (Lipinski definition) is 0. The molecular formula is C12H10Cl2N2O3S2. The Labute approximate surface area is 136 Å². The van der Waals surface area contributed by atoms with Crippen LogP contribution >= 0.6 is 34.5 Å². The van der Waals surface area contributed by atoms with E-state index in [4.69, 9.17) is 27.9 Å². The van der Waals surface area contributed by atoms with Gasteiger partial charge in [0.2, 0.25) is 5.88 Å². The molecule has 1 fully saturated rings. The molecule has 0 N–H and O–H groups in total. The number of nitrogens with zero attached hydrogens (tertiary/aromatic N) is 2. The summed E-state index contributed by atoms with van der Waals surface area (Å²) in [4.78, 5) is 4.01. The van der Waals surface area contributed by atoms with Gasteiger partial charge in [0.1, 0.15) is 15.3 Å². The Morgan fingerprint density at radius 3 is 2.67 bits per heavy atom. The first-order chi connectivity index (χ1) is 9.96. The molecule has 0 radical (unpaired) electrons. The van der Waals surface area contributed by atoms with E-state index < -0.39 is 10.0 Å². The maximum atomic E-state index is 12.3. The van der Waals surface area contributed by atoms with Gasteiger partial charge >= 0.3 is 0 Å². The fraction of sp³-hybridized carbons (Fsp3) is 0.250. The van der Waals surface area contributed by atoms with Crippen LogP contribution in [0.2, 0.25) is 9.36 Å².